The zero-order valence-corrected chi connectivity index (χ0v) is 9.43. The Morgan fingerprint density at radius 2 is 2.07 bits per heavy atom. The smallest absolute Gasteiger partial charge is 0.459 e. The lowest BCUT2D eigenvalue weighted by molar-refractivity contribution is -0.159. The van der Waals surface area contributed by atoms with Crippen molar-refractivity contribution >= 4 is 13.2 Å². The fourth-order valence-electron chi connectivity index (χ4n) is 1.69. The molecule has 0 aromatic carbocycles. The van der Waals surface area contributed by atoms with Crippen LogP contribution in [0.3, 0.4) is 0 Å². The van der Waals surface area contributed by atoms with Crippen LogP contribution in [0.4, 0.5) is 0 Å². The minimum atomic E-state index is -1.58. The molecule has 0 saturated carbocycles. The predicted molar refractivity (Wildman–Crippen MR) is 55.8 cm³/mol. The van der Waals surface area contributed by atoms with E-state index in [0.717, 1.165) is 6.42 Å². The molecule has 1 saturated heterocycles. The SMILES string of the molecule is CC(C)(C)OC(=O)[C@H]1CCCN1B(O)O. The molecule has 15 heavy (non-hydrogen) atoms. The molecule has 1 atom stereocenters. The van der Waals surface area contributed by atoms with Gasteiger partial charge in [0.05, 0.1) is 0 Å². The lowest BCUT2D eigenvalue weighted by Crippen LogP contribution is -2.48. The highest BCUT2D eigenvalue weighted by atomic mass is 16.6. The first-order valence-electron chi connectivity index (χ1n) is 5.16. The molecule has 1 rings (SSSR count). The largest absolute Gasteiger partial charge is 0.552 e. The number of ether oxygens (including phenoxy) is 1. The number of esters is 1. The zero-order chi connectivity index (χ0) is 11.6. The predicted octanol–water partition coefficient (Wildman–Crippen LogP) is -0.238. The number of hydrogen-bond donors (Lipinski definition) is 2. The number of carbonyl (C=O) groups excluding carboxylic acids is 1. The van der Waals surface area contributed by atoms with E-state index >= 15 is 0 Å². The molecule has 0 spiro atoms. The van der Waals surface area contributed by atoms with Crippen molar-refractivity contribution in [3.8, 4) is 0 Å². The molecular weight excluding hydrogens is 197 g/mol. The molecule has 1 fully saturated rings. The average molecular weight is 215 g/mol. The molecule has 1 aliphatic heterocycles. The maximum atomic E-state index is 11.7. The van der Waals surface area contributed by atoms with Crippen LogP contribution in [0.15, 0.2) is 0 Å². The Kier molecular flexibility index (Phi) is 3.75. The molecule has 1 heterocycles. The van der Waals surface area contributed by atoms with Crippen LogP contribution in [0.5, 0.6) is 0 Å². The maximum Gasteiger partial charge on any atom is 0.552 e. The molecule has 0 amide bonds. The Hall–Kier alpha value is -0.585. The fourth-order valence-corrected chi connectivity index (χ4v) is 1.69. The highest BCUT2D eigenvalue weighted by molar-refractivity contribution is 6.38. The summed E-state index contributed by atoms with van der Waals surface area (Å²) in [5, 5.41) is 18.1. The van der Waals surface area contributed by atoms with E-state index in [2.05, 4.69) is 0 Å². The van der Waals surface area contributed by atoms with Crippen LogP contribution in [0.2, 0.25) is 0 Å². The van der Waals surface area contributed by atoms with Gasteiger partial charge in [0, 0.05) is 0 Å². The topological polar surface area (TPSA) is 70.0 Å². The van der Waals surface area contributed by atoms with Gasteiger partial charge in [-0.1, -0.05) is 0 Å². The van der Waals surface area contributed by atoms with Gasteiger partial charge in [0.1, 0.15) is 11.6 Å². The van der Waals surface area contributed by atoms with E-state index in [-0.39, 0.29) is 5.97 Å². The second-order valence-corrected chi connectivity index (χ2v) is 4.78. The van der Waals surface area contributed by atoms with Crippen molar-refractivity contribution in [1.82, 2.24) is 4.81 Å². The Morgan fingerprint density at radius 3 is 2.53 bits per heavy atom. The van der Waals surface area contributed by atoms with Gasteiger partial charge in [-0.05, 0) is 40.2 Å². The molecule has 86 valence electrons. The van der Waals surface area contributed by atoms with Gasteiger partial charge in [-0.15, -0.1) is 0 Å². The Balaban J connectivity index is 2.59. The number of carbonyl (C=O) groups is 1. The van der Waals surface area contributed by atoms with Crippen molar-refractivity contribution in [2.75, 3.05) is 6.54 Å². The van der Waals surface area contributed by atoms with Gasteiger partial charge < -0.3 is 14.8 Å². The second-order valence-electron chi connectivity index (χ2n) is 4.78. The highest BCUT2D eigenvalue weighted by Gasteiger charge is 2.39. The lowest BCUT2D eigenvalue weighted by Gasteiger charge is -2.26. The van der Waals surface area contributed by atoms with Crippen LogP contribution in [-0.4, -0.2) is 46.3 Å². The standard InChI is InChI=1S/C9H18BNO4/c1-9(2,3)15-8(12)7-5-4-6-11(7)10(13)14/h7,13-14H,4-6H2,1-3H3/t7-/m1/s1. The highest BCUT2D eigenvalue weighted by Crippen LogP contribution is 2.20. The quantitative estimate of drug-likeness (QED) is 0.491. The molecule has 0 bridgehead atoms. The molecular formula is C9H18BNO4. The molecule has 5 nitrogen and oxygen atoms in total. The van der Waals surface area contributed by atoms with Gasteiger partial charge in [-0.25, -0.2) is 0 Å². The summed E-state index contributed by atoms with van der Waals surface area (Å²) in [5.74, 6) is -0.381. The summed E-state index contributed by atoms with van der Waals surface area (Å²) in [6.45, 7) is 5.89. The molecule has 0 aliphatic carbocycles. The zero-order valence-electron chi connectivity index (χ0n) is 9.43. The van der Waals surface area contributed by atoms with E-state index in [4.69, 9.17) is 14.8 Å². The summed E-state index contributed by atoms with van der Waals surface area (Å²) in [5.41, 5.74) is -0.536. The summed E-state index contributed by atoms with van der Waals surface area (Å²) < 4.78 is 5.20. The molecule has 0 unspecified atom stereocenters. The van der Waals surface area contributed by atoms with Crippen molar-refractivity contribution in [3.05, 3.63) is 0 Å². The van der Waals surface area contributed by atoms with Crippen molar-refractivity contribution in [1.29, 1.82) is 0 Å². The van der Waals surface area contributed by atoms with Crippen LogP contribution >= 0.6 is 0 Å². The summed E-state index contributed by atoms with van der Waals surface area (Å²) >= 11 is 0. The number of rotatable bonds is 2. The normalized spacial score (nSPS) is 22.9. The van der Waals surface area contributed by atoms with Gasteiger partial charge in [-0.2, -0.15) is 0 Å². The fraction of sp³-hybridized carbons (Fsp3) is 0.889. The monoisotopic (exact) mass is 215 g/mol. The van der Waals surface area contributed by atoms with Crippen LogP contribution in [0.25, 0.3) is 0 Å². The van der Waals surface area contributed by atoms with Gasteiger partial charge >= 0.3 is 13.2 Å². The lowest BCUT2D eigenvalue weighted by atomic mass is 10.0. The molecule has 6 heteroatoms. The van der Waals surface area contributed by atoms with E-state index in [9.17, 15) is 4.79 Å². The number of hydrogen-bond acceptors (Lipinski definition) is 5. The van der Waals surface area contributed by atoms with Gasteiger partial charge in [0.2, 0.25) is 0 Å². The third-order valence-corrected chi connectivity index (χ3v) is 2.27. The van der Waals surface area contributed by atoms with E-state index in [1.54, 1.807) is 20.8 Å². The Labute approximate surface area is 90.2 Å². The van der Waals surface area contributed by atoms with Crippen molar-refractivity contribution in [2.24, 2.45) is 0 Å². The maximum absolute atomic E-state index is 11.7. The van der Waals surface area contributed by atoms with Gasteiger partial charge in [-0.3, -0.25) is 9.61 Å². The number of nitrogens with zero attached hydrogens (tertiary/aromatic N) is 1. The first kappa shape index (κ1) is 12.5. The summed E-state index contributed by atoms with van der Waals surface area (Å²) in [6.07, 6.45) is 1.40. The van der Waals surface area contributed by atoms with Gasteiger partial charge in [0.15, 0.2) is 0 Å². The van der Waals surface area contributed by atoms with Crippen molar-refractivity contribution in [2.45, 2.75) is 45.3 Å². The molecule has 0 aromatic rings. The Bertz CT molecular complexity index is 239. The molecule has 1 aliphatic rings. The van der Waals surface area contributed by atoms with Crippen LogP contribution < -0.4 is 0 Å². The second kappa shape index (κ2) is 4.51. The Morgan fingerprint density at radius 1 is 1.47 bits per heavy atom. The van der Waals surface area contributed by atoms with E-state index in [1.165, 1.54) is 4.81 Å². The first-order valence-corrected chi connectivity index (χ1v) is 5.16. The first-order chi connectivity index (χ1) is 6.81. The van der Waals surface area contributed by atoms with Crippen LogP contribution in [0.1, 0.15) is 33.6 Å². The van der Waals surface area contributed by atoms with Crippen molar-refractivity contribution in [3.63, 3.8) is 0 Å². The van der Waals surface area contributed by atoms with E-state index in [1.807, 2.05) is 0 Å². The van der Waals surface area contributed by atoms with Gasteiger partial charge in [0.25, 0.3) is 0 Å². The minimum absolute atomic E-state index is 0.381. The summed E-state index contributed by atoms with van der Waals surface area (Å²) in [7, 11) is -1.58. The molecule has 0 radical (unpaired) electrons. The molecule has 0 aromatic heterocycles. The van der Waals surface area contributed by atoms with E-state index < -0.39 is 18.9 Å². The third kappa shape index (κ3) is 3.48. The minimum Gasteiger partial charge on any atom is -0.459 e. The van der Waals surface area contributed by atoms with Crippen molar-refractivity contribution < 1.29 is 19.6 Å². The summed E-state index contributed by atoms with van der Waals surface area (Å²) in [6, 6.07) is -0.524. The van der Waals surface area contributed by atoms with Crippen LogP contribution in [0, 0.1) is 0 Å². The average Bonchev–Trinajstić information content (AvgIpc) is 2.47. The van der Waals surface area contributed by atoms with E-state index in [0.29, 0.717) is 13.0 Å². The third-order valence-electron chi connectivity index (χ3n) is 2.27. The summed E-state index contributed by atoms with van der Waals surface area (Å²) in [4.78, 5) is 13.0. The van der Waals surface area contributed by atoms with Crippen LogP contribution in [-0.2, 0) is 9.53 Å². The molecule has 2 N–H and O–H groups in total.